The lowest BCUT2D eigenvalue weighted by Gasteiger charge is -2.02. The number of amides is 1. The van der Waals surface area contributed by atoms with E-state index in [0.717, 1.165) is 35.2 Å². The molecule has 0 radical (unpaired) electrons. The van der Waals surface area contributed by atoms with Crippen LogP contribution in [0, 0.1) is 10.1 Å². The van der Waals surface area contributed by atoms with Crippen LogP contribution in [-0.2, 0) is 21.1 Å². The minimum absolute atomic E-state index is 0.0636. The lowest BCUT2D eigenvalue weighted by Crippen LogP contribution is -2.13. The van der Waals surface area contributed by atoms with E-state index in [0.29, 0.717) is 0 Å². The number of aromatic nitrogens is 1. The quantitative estimate of drug-likeness (QED) is 0.499. The highest BCUT2D eigenvalue weighted by Crippen LogP contribution is 2.29. The zero-order valence-electron chi connectivity index (χ0n) is 13.7. The molecule has 27 heavy (non-hydrogen) atoms. The molecular weight excluding hydrogens is 390 g/mol. The first-order valence-corrected chi connectivity index (χ1v) is 9.95. The minimum atomic E-state index is -3.87. The van der Waals surface area contributed by atoms with Crippen LogP contribution in [0.1, 0.15) is 5.56 Å². The summed E-state index contributed by atoms with van der Waals surface area (Å²) in [5.74, 6) is -0.310. The number of thiazole rings is 1. The van der Waals surface area contributed by atoms with Gasteiger partial charge in [0, 0.05) is 12.1 Å². The first-order valence-electron chi connectivity index (χ1n) is 7.65. The molecule has 0 saturated heterocycles. The van der Waals surface area contributed by atoms with Crippen molar-refractivity contribution in [2.75, 3.05) is 5.32 Å². The van der Waals surface area contributed by atoms with E-state index in [9.17, 15) is 23.3 Å². The van der Waals surface area contributed by atoms with E-state index in [2.05, 4.69) is 10.3 Å². The molecule has 0 aliphatic heterocycles. The molecule has 10 heteroatoms. The van der Waals surface area contributed by atoms with E-state index in [1.54, 1.807) is 0 Å². The van der Waals surface area contributed by atoms with Crippen LogP contribution >= 0.6 is 11.3 Å². The molecule has 8 nitrogen and oxygen atoms in total. The second kappa shape index (κ2) is 7.64. The summed E-state index contributed by atoms with van der Waals surface area (Å²) in [6.45, 7) is 0. The molecular formula is C17H13N3O5S2. The Morgan fingerprint density at radius 2 is 1.78 bits per heavy atom. The smallest absolute Gasteiger partial charge is 0.269 e. The third-order valence-electron chi connectivity index (χ3n) is 3.56. The lowest BCUT2D eigenvalue weighted by atomic mass is 10.1. The molecule has 1 N–H and O–H groups in total. The zero-order valence-corrected chi connectivity index (χ0v) is 15.4. The second-order valence-electron chi connectivity index (χ2n) is 5.45. The van der Waals surface area contributed by atoms with Gasteiger partial charge in [-0.2, -0.15) is 0 Å². The molecule has 138 valence electrons. The maximum atomic E-state index is 12.6. The van der Waals surface area contributed by atoms with Gasteiger partial charge in [0.1, 0.15) is 4.21 Å². The van der Waals surface area contributed by atoms with Crippen molar-refractivity contribution in [1.29, 1.82) is 0 Å². The highest BCUT2D eigenvalue weighted by atomic mass is 32.2. The third-order valence-corrected chi connectivity index (χ3v) is 6.70. The van der Waals surface area contributed by atoms with Gasteiger partial charge in [-0.25, -0.2) is 13.4 Å². The highest BCUT2D eigenvalue weighted by molar-refractivity contribution is 7.93. The van der Waals surface area contributed by atoms with Gasteiger partial charge in [-0.05, 0) is 17.7 Å². The van der Waals surface area contributed by atoms with E-state index in [4.69, 9.17) is 0 Å². The fourth-order valence-electron chi connectivity index (χ4n) is 2.25. The molecule has 0 aliphatic rings. The van der Waals surface area contributed by atoms with Crippen molar-refractivity contribution in [1.82, 2.24) is 4.98 Å². The normalized spacial score (nSPS) is 11.1. The second-order valence-corrected chi connectivity index (χ2v) is 8.66. The van der Waals surface area contributed by atoms with Crippen LogP contribution in [0.3, 0.4) is 0 Å². The number of nitrogens with zero attached hydrogens (tertiary/aromatic N) is 2. The van der Waals surface area contributed by atoms with Crippen molar-refractivity contribution in [3.8, 4) is 0 Å². The number of hydrogen-bond acceptors (Lipinski definition) is 7. The summed E-state index contributed by atoms with van der Waals surface area (Å²) in [7, 11) is -3.87. The van der Waals surface area contributed by atoms with Crippen LogP contribution in [0.5, 0.6) is 0 Å². The molecule has 0 saturated carbocycles. The number of nitro benzene ring substituents is 1. The number of carbonyl (C=O) groups is 1. The first kappa shape index (κ1) is 18.7. The summed E-state index contributed by atoms with van der Waals surface area (Å²) in [4.78, 5) is 26.0. The van der Waals surface area contributed by atoms with E-state index >= 15 is 0 Å². The van der Waals surface area contributed by atoms with E-state index in [1.807, 2.05) is 30.3 Å². The Balaban J connectivity index is 1.74. The Kier molecular flexibility index (Phi) is 5.28. The van der Waals surface area contributed by atoms with Crippen molar-refractivity contribution in [3.63, 3.8) is 0 Å². The van der Waals surface area contributed by atoms with Gasteiger partial charge in [-0.3, -0.25) is 14.9 Å². The molecule has 1 heterocycles. The Labute approximate surface area is 158 Å². The fourth-order valence-corrected chi connectivity index (χ4v) is 4.70. The SMILES string of the molecule is O=C(Cc1ccccc1)Nc1ncc(S(=O)(=O)c2ccc([N+](=O)[O-])cc2)s1. The van der Waals surface area contributed by atoms with Crippen molar-refractivity contribution in [2.45, 2.75) is 15.5 Å². The van der Waals surface area contributed by atoms with Crippen LogP contribution in [0.2, 0.25) is 0 Å². The monoisotopic (exact) mass is 403 g/mol. The number of sulfone groups is 1. The Bertz CT molecular complexity index is 1080. The fraction of sp³-hybridized carbons (Fsp3) is 0.0588. The topological polar surface area (TPSA) is 119 Å². The van der Waals surface area contributed by atoms with Crippen molar-refractivity contribution in [3.05, 3.63) is 76.5 Å². The van der Waals surface area contributed by atoms with Crippen molar-refractivity contribution < 1.29 is 18.1 Å². The Hall–Kier alpha value is -3.11. The van der Waals surface area contributed by atoms with Gasteiger partial charge in [-0.1, -0.05) is 41.7 Å². The van der Waals surface area contributed by atoms with Gasteiger partial charge in [-0.15, -0.1) is 0 Å². The lowest BCUT2D eigenvalue weighted by molar-refractivity contribution is -0.384. The Morgan fingerprint density at radius 1 is 1.11 bits per heavy atom. The molecule has 0 bridgehead atoms. The molecule has 3 aromatic rings. The summed E-state index contributed by atoms with van der Waals surface area (Å²) in [6, 6.07) is 13.7. The minimum Gasteiger partial charge on any atom is -0.302 e. The maximum Gasteiger partial charge on any atom is 0.269 e. The number of non-ortho nitro benzene ring substituents is 1. The molecule has 2 aromatic carbocycles. The van der Waals surface area contributed by atoms with Gasteiger partial charge in [0.2, 0.25) is 15.7 Å². The van der Waals surface area contributed by atoms with Gasteiger partial charge >= 0.3 is 0 Å². The van der Waals surface area contributed by atoms with Gasteiger partial charge in [0.05, 0.1) is 22.4 Å². The predicted molar refractivity (Wildman–Crippen MR) is 99.4 cm³/mol. The number of anilines is 1. The largest absolute Gasteiger partial charge is 0.302 e. The molecule has 0 fully saturated rings. The molecule has 1 amide bonds. The highest BCUT2D eigenvalue weighted by Gasteiger charge is 2.22. The van der Waals surface area contributed by atoms with Crippen LogP contribution in [0.15, 0.2) is 69.9 Å². The molecule has 0 spiro atoms. The van der Waals surface area contributed by atoms with Crippen LogP contribution < -0.4 is 5.32 Å². The van der Waals surface area contributed by atoms with Gasteiger partial charge in [0.25, 0.3) is 5.69 Å². The van der Waals surface area contributed by atoms with Crippen LogP contribution in [0.4, 0.5) is 10.8 Å². The van der Waals surface area contributed by atoms with Crippen LogP contribution in [0.25, 0.3) is 0 Å². The number of carbonyl (C=O) groups excluding carboxylic acids is 1. The zero-order chi connectivity index (χ0) is 19.4. The van der Waals surface area contributed by atoms with E-state index < -0.39 is 14.8 Å². The number of rotatable bonds is 6. The predicted octanol–water partition coefficient (Wildman–Crippen LogP) is 3.07. The standard InChI is InChI=1S/C17H13N3O5S2/c21-15(10-12-4-2-1-3-5-12)19-17-18-11-16(26-17)27(24,25)14-8-6-13(7-9-14)20(22)23/h1-9,11H,10H2,(H,18,19,21). The molecule has 0 atom stereocenters. The van der Waals surface area contributed by atoms with Gasteiger partial charge < -0.3 is 5.32 Å². The summed E-state index contributed by atoms with van der Waals surface area (Å²) in [5, 5.41) is 13.4. The molecule has 1 aromatic heterocycles. The number of nitrogens with one attached hydrogen (secondary N) is 1. The van der Waals surface area contributed by atoms with E-state index in [1.165, 1.54) is 12.1 Å². The average molecular weight is 403 g/mol. The molecule has 0 aliphatic carbocycles. The summed E-state index contributed by atoms with van der Waals surface area (Å²) in [5.41, 5.74) is 0.623. The number of benzene rings is 2. The van der Waals surface area contributed by atoms with Gasteiger partial charge in [0.15, 0.2) is 5.13 Å². The summed E-state index contributed by atoms with van der Waals surface area (Å²) >= 11 is 0.819. The number of nitro groups is 1. The van der Waals surface area contributed by atoms with Crippen molar-refractivity contribution >= 4 is 37.9 Å². The van der Waals surface area contributed by atoms with E-state index in [-0.39, 0.29) is 32.3 Å². The summed E-state index contributed by atoms with van der Waals surface area (Å²) < 4.78 is 25.1. The molecule has 0 unspecified atom stereocenters. The first-order chi connectivity index (χ1) is 12.9. The average Bonchev–Trinajstić information content (AvgIpc) is 3.11. The maximum absolute atomic E-state index is 12.6. The summed E-state index contributed by atoms with van der Waals surface area (Å²) in [6.07, 6.45) is 1.30. The van der Waals surface area contributed by atoms with Crippen molar-refractivity contribution in [2.24, 2.45) is 0 Å². The Morgan fingerprint density at radius 3 is 2.41 bits per heavy atom. The number of hydrogen-bond donors (Lipinski definition) is 1. The molecule has 3 rings (SSSR count). The van der Waals surface area contributed by atoms with Crippen LogP contribution in [-0.4, -0.2) is 24.2 Å². The third kappa shape index (κ3) is 4.36.